The SMILES string of the molecule is COc1cc(-c2ccc(OC(C)(F)F)cc2)ccc1C(O)(c1cncnc1)C(C)(C)C. The summed E-state index contributed by atoms with van der Waals surface area (Å²) in [5.74, 6) is 0.560. The van der Waals surface area contributed by atoms with E-state index in [9.17, 15) is 13.9 Å². The number of rotatable bonds is 6. The van der Waals surface area contributed by atoms with Crippen LogP contribution in [0, 0.1) is 5.41 Å². The molecule has 3 rings (SSSR count). The standard InChI is InChI=1S/C24H26F2N2O3/c1-22(2,3)24(29,18-13-27-15-28-14-18)20-11-8-17(12-21(20)30-5)16-6-9-19(10-7-16)31-23(4,25)26/h6-15,29H,1-5H3. The number of ether oxygens (including phenoxy) is 2. The number of aliphatic hydroxyl groups is 1. The lowest BCUT2D eigenvalue weighted by atomic mass is 9.68. The maximum absolute atomic E-state index is 13.1. The van der Waals surface area contributed by atoms with E-state index in [-0.39, 0.29) is 5.75 Å². The quantitative estimate of drug-likeness (QED) is 0.568. The van der Waals surface area contributed by atoms with Gasteiger partial charge < -0.3 is 14.6 Å². The van der Waals surface area contributed by atoms with Gasteiger partial charge in [-0.15, -0.1) is 0 Å². The number of hydrogen-bond acceptors (Lipinski definition) is 5. The van der Waals surface area contributed by atoms with Crippen molar-refractivity contribution in [1.82, 2.24) is 9.97 Å². The molecule has 0 aliphatic heterocycles. The molecular formula is C24H26F2N2O3. The second kappa shape index (κ2) is 8.23. The predicted molar refractivity (Wildman–Crippen MR) is 114 cm³/mol. The van der Waals surface area contributed by atoms with E-state index in [0.29, 0.717) is 23.8 Å². The van der Waals surface area contributed by atoms with Crippen molar-refractivity contribution in [2.24, 2.45) is 5.41 Å². The highest BCUT2D eigenvalue weighted by Crippen LogP contribution is 2.48. The van der Waals surface area contributed by atoms with Crippen LogP contribution in [0.3, 0.4) is 0 Å². The predicted octanol–water partition coefficient (Wildman–Crippen LogP) is 5.43. The van der Waals surface area contributed by atoms with Crippen LogP contribution >= 0.6 is 0 Å². The van der Waals surface area contributed by atoms with Crippen LogP contribution in [-0.2, 0) is 5.60 Å². The first-order valence-electron chi connectivity index (χ1n) is 9.79. The summed E-state index contributed by atoms with van der Waals surface area (Å²) in [5, 5.41) is 11.9. The highest BCUT2D eigenvalue weighted by Gasteiger charge is 2.45. The maximum atomic E-state index is 13.1. The van der Waals surface area contributed by atoms with Crippen LogP contribution in [-0.4, -0.2) is 28.3 Å². The van der Waals surface area contributed by atoms with Gasteiger partial charge in [0.25, 0.3) is 0 Å². The number of hydrogen-bond donors (Lipinski definition) is 1. The van der Waals surface area contributed by atoms with Gasteiger partial charge >= 0.3 is 6.11 Å². The van der Waals surface area contributed by atoms with Crippen LogP contribution in [0.4, 0.5) is 8.78 Å². The molecule has 0 radical (unpaired) electrons. The molecule has 0 saturated heterocycles. The normalized spacial score (nSPS) is 14.1. The highest BCUT2D eigenvalue weighted by molar-refractivity contribution is 5.67. The first-order chi connectivity index (χ1) is 14.5. The largest absolute Gasteiger partial charge is 0.496 e. The van der Waals surface area contributed by atoms with Gasteiger partial charge in [-0.3, -0.25) is 0 Å². The lowest BCUT2D eigenvalue weighted by Gasteiger charge is -2.41. The summed E-state index contributed by atoms with van der Waals surface area (Å²) in [6, 6.07) is 11.8. The summed E-state index contributed by atoms with van der Waals surface area (Å²) in [6.07, 6.45) is 1.35. The molecule has 7 heteroatoms. The molecule has 5 nitrogen and oxygen atoms in total. The Hall–Kier alpha value is -3.06. The van der Waals surface area contributed by atoms with Crippen molar-refractivity contribution in [3.63, 3.8) is 0 Å². The van der Waals surface area contributed by atoms with Crippen LogP contribution in [0.25, 0.3) is 11.1 Å². The third-order valence-corrected chi connectivity index (χ3v) is 5.14. The molecule has 0 bridgehead atoms. The number of halogens is 2. The minimum atomic E-state index is -3.25. The molecule has 1 aromatic heterocycles. The van der Waals surface area contributed by atoms with Crippen molar-refractivity contribution in [3.05, 3.63) is 72.3 Å². The molecule has 31 heavy (non-hydrogen) atoms. The highest BCUT2D eigenvalue weighted by atomic mass is 19.3. The van der Waals surface area contributed by atoms with Crippen molar-refractivity contribution in [2.45, 2.75) is 39.4 Å². The Morgan fingerprint density at radius 1 is 0.871 bits per heavy atom. The van der Waals surface area contributed by atoms with E-state index in [1.165, 1.54) is 25.6 Å². The maximum Gasteiger partial charge on any atom is 0.394 e. The van der Waals surface area contributed by atoms with E-state index in [2.05, 4.69) is 14.7 Å². The molecule has 3 aromatic rings. The van der Waals surface area contributed by atoms with Crippen molar-refractivity contribution >= 4 is 0 Å². The molecule has 0 saturated carbocycles. The fraction of sp³-hybridized carbons (Fsp3) is 0.333. The molecule has 0 aliphatic carbocycles. The van der Waals surface area contributed by atoms with Crippen LogP contribution in [0.1, 0.15) is 38.8 Å². The number of alkyl halides is 2. The monoisotopic (exact) mass is 428 g/mol. The van der Waals surface area contributed by atoms with E-state index >= 15 is 0 Å². The lowest BCUT2D eigenvalue weighted by Crippen LogP contribution is -2.41. The van der Waals surface area contributed by atoms with Gasteiger partial charge in [0.2, 0.25) is 0 Å². The third kappa shape index (κ3) is 4.66. The Balaban J connectivity index is 2.05. The molecule has 0 fully saturated rings. The van der Waals surface area contributed by atoms with Gasteiger partial charge in [0.15, 0.2) is 0 Å². The molecule has 1 heterocycles. The van der Waals surface area contributed by atoms with Crippen molar-refractivity contribution in [2.75, 3.05) is 7.11 Å². The number of aromatic nitrogens is 2. The first kappa shape index (κ1) is 22.6. The molecule has 1 unspecified atom stereocenters. The van der Waals surface area contributed by atoms with Gasteiger partial charge in [-0.05, 0) is 34.7 Å². The van der Waals surface area contributed by atoms with Crippen molar-refractivity contribution in [3.8, 4) is 22.6 Å². The first-order valence-corrected chi connectivity index (χ1v) is 9.79. The number of methoxy groups -OCH3 is 1. The Morgan fingerprint density at radius 2 is 1.45 bits per heavy atom. The molecule has 2 aromatic carbocycles. The van der Waals surface area contributed by atoms with Crippen molar-refractivity contribution < 1.29 is 23.4 Å². The van der Waals surface area contributed by atoms with Crippen LogP contribution in [0.15, 0.2) is 61.2 Å². The smallest absolute Gasteiger partial charge is 0.394 e. The molecule has 1 atom stereocenters. The minimum Gasteiger partial charge on any atom is -0.496 e. The van der Waals surface area contributed by atoms with Gasteiger partial charge in [-0.1, -0.05) is 45.0 Å². The summed E-state index contributed by atoms with van der Waals surface area (Å²) in [5.41, 5.74) is 0.705. The Bertz CT molecular complexity index is 1030. The van der Waals surface area contributed by atoms with Gasteiger partial charge in [0.1, 0.15) is 23.4 Å². The Kier molecular flexibility index (Phi) is 6.00. The molecule has 0 spiro atoms. The summed E-state index contributed by atoms with van der Waals surface area (Å²) in [4.78, 5) is 8.13. The van der Waals surface area contributed by atoms with Crippen LogP contribution < -0.4 is 9.47 Å². The molecular weight excluding hydrogens is 402 g/mol. The number of benzene rings is 2. The Labute approximate surface area is 180 Å². The Morgan fingerprint density at radius 3 is 1.97 bits per heavy atom. The van der Waals surface area contributed by atoms with E-state index < -0.39 is 17.1 Å². The van der Waals surface area contributed by atoms with E-state index in [0.717, 1.165) is 11.1 Å². The fourth-order valence-corrected chi connectivity index (χ4v) is 3.57. The van der Waals surface area contributed by atoms with Gasteiger partial charge in [0.05, 0.1) is 7.11 Å². The van der Waals surface area contributed by atoms with E-state index in [4.69, 9.17) is 4.74 Å². The molecule has 0 amide bonds. The van der Waals surface area contributed by atoms with E-state index in [1.54, 1.807) is 36.7 Å². The van der Waals surface area contributed by atoms with Crippen molar-refractivity contribution in [1.29, 1.82) is 0 Å². The van der Waals surface area contributed by atoms with Crippen LogP contribution in [0.2, 0.25) is 0 Å². The summed E-state index contributed by atoms with van der Waals surface area (Å²) < 4.78 is 36.3. The second-order valence-corrected chi connectivity index (χ2v) is 8.44. The molecule has 1 N–H and O–H groups in total. The summed E-state index contributed by atoms with van der Waals surface area (Å²) in [6.45, 7) is 6.47. The fourth-order valence-electron chi connectivity index (χ4n) is 3.57. The van der Waals surface area contributed by atoms with Gasteiger partial charge in [-0.25, -0.2) is 9.97 Å². The zero-order valence-corrected chi connectivity index (χ0v) is 18.2. The number of nitrogens with zero attached hydrogens (tertiary/aromatic N) is 2. The summed E-state index contributed by atoms with van der Waals surface area (Å²) >= 11 is 0. The zero-order valence-electron chi connectivity index (χ0n) is 18.2. The van der Waals surface area contributed by atoms with Gasteiger partial charge in [-0.2, -0.15) is 8.78 Å². The topological polar surface area (TPSA) is 64.5 Å². The van der Waals surface area contributed by atoms with Gasteiger partial charge in [0, 0.05) is 30.4 Å². The third-order valence-electron chi connectivity index (χ3n) is 5.14. The van der Waals surface area contributed by atoms with E-state index in [1.807, 2.05) is 26.8 Å². The zero-order chi connectivity index (χ0) is 22.9. The minimum absolute atomic E-state index is 0.0750. The lowest BCUT2D eigenvalue weighted by molar-refractivity contribution is -0.158. The molecule has 164 valence electrons. The average molecular weight is 428 g/mol. The summed E-state index contributed by atoms with van der Waals surface area (Å²) in [7, 11) is 1.54. The second-order valence-electron chi connectivity index (χ2n) is 8.44. The van der Waals surface area contributed by atoms with Crippen LogP contribution in [0.5, 0.6) is 11.5 Å². The molecule has 0 aliphatic rings. The average Bonchev–Trinajstić information content (AvgIpc) is 2.72.